The molecule has 2 heterocycles. The SMILES string of the molecule is Cc1[nH]c(=O)c(C#N)cc1-c1csc(-c2cccc([N+](=O)[O-])c2)n1. The third-order valence-corrected chi connectivity index (χ3v) is 4.33. The molecule has 1 aromatic carbocycles. The Labute approximate surface area is 140 Å². The number of non-ortho nitro benzene ring substituents is 1. The van der Waals surface area contributed by atoms with Crippen LogP contribution in [0.1, 0.15) is 11.3 Å². The number of benzene rings is 1. The van der Waals surface area contributed by atoms with Gasteiger partial charge in [-0.3, -0.25) is 14.9 Å². The Morgan fingerprint density at radius 2 is 2.17 bits per heavy atom. The fraction of sp³-hybridized carbons (Fsp3) is 0.0625. The van der Waals surface area contributed by atoms with E-state index in [0.717, 1.165) is 0 Å². The second kappa shape index (κ2) is 6.06. The molecule has 0 saturated carbocycles. The number of thiazole rings is 1. The third-order valence-electron chi connectivity index (χ3n) is 3.44. The van der Waals surface area contributed by atoms with Crippen molar-refractivity contribution >= 4 is 17.0 Å². The van der Waals surface area contributed by atoms with Gasteiger partial charge in [0.1, 0.15) is 16.6 Å². The summed E-state index contributed by atoms with van der Waals surface area (Å²) in [7, 11) is 0. The number of aromatic nitrogens is 2. The van der Waals surface area contributed by atoms with Crippen LogP contribution in [0.5, 0.6) is 0 Å². The highest BCUT2D eigenvalue weighted by Crippen LogP contribution is 2.31. The number of pyridine rings is 1. The second-order valence-electron chi connectivity index (χ2n) is 5.01. The van der Waals surface area contributed by atoms with E-state index in [1.54, 1.807) is 24.4 Å². The molecule has 0 aliphatic heterocycles. The zero-order chi connectivity index (χ0) is 17.3. The first-order valence-corrected chi connectivity index (χ1v) is 7.72. The van der Waals surface area contributed by atoms with Crippen LogP contribution in [-0.2, 0) is 0 Å². The smallest absolute Gasteiger partial charge is 0.270 e. The number of nitrogens with zero attached hydrogens (tertiary/aromatic N) is 3. The van der Waals surface area contributed by atoms with Gasteiger partial charge in [-0.2, -0.15) is 5.26 Å². The molecule has 0 saturated heterocycles. The quantitative estimate of drug-likeness (QED) is 0.582. The molecule has 1 N–H and O–H groups in total. The maximum Gasteiger partial charge on any atom is 0.270 e. The molecule has 7 nitrogen and oxygen atoms in total. The number of nitro groups is 1. The van der Waals surface area contributed by atoms with Crippen LogP contribution < -0.4 is 5.56 Å². The number of nitriles is 1. The van der Waals surface area contributed by atoms with E-state index in [4.69, 9.17) is 5.26 Å². The summed E-state index contributed by atoms with van der Waals surface area (Å²) in [5, 5.41) is 22.3. The van der Waals surface area contributed by atoms with Gasteiger partial charge in [0.25, 0.3) is 11.2 Å². The molecule has 0 atom stereocenters. The van der Waals surface area contributed by atoms with E-state index in [1.165, 1.54) is 29.5 Å². The molecular formula is C16H10N4O3S. The van der Waals surface area contributed by atoms with Crippen molar-refractivity contribution in [1.29, 1.82) is 5.26 Å². The number of hydrogen-bond acceptors (Lipinski definition) is 6. The first kappa shape index (κ1) is 15.6. The Morgan fingerprint density at radius 3 is 2.88 bits per heavy atom. The van der Waals surface area contributed by atoms with Gasteiger partial charge in [-0.05, 0) is 13.0 Å². The van der Waals surface area contributed by atoms with Gasteiger partial charge < -0.3 is 4.98 Å². The lowest BCUT2D eigenvalue weighted by molar-refractivity contribution is -0.384. The van der Waals surface area contributed by atoms with Crippen LogP contribution in [0.25, 0.3) is 21.8 Å². The van der Waals surface area contributed by atoms with Crippen molar-refractivity contribution in [3.05, 3.63) is 67.4 Å². The fourth-order valence-corrected chi connectivity index (χ4v) is 3.07. The molecule has 0 bridgehead atoms. The molecule has 0 radical (unpaired) electrons. The maximum atomic E-state index is 11.6. The Kier molecular flexibility index (Phi) is 3.93. The van der Waals surface area contributed by atoms with Crippen LogP contribution in [0, 0.1) is 28.4 Å². The molecule has 8 heteroatoms. The maximum absolute atomic E-state index is 11.6. The van der Waals surface area contributed by atoms with Crippen molar-refractivity contribution in [2.75, 3.05) is 0 Å². The van der Waals surface area contributed by atoms with Gasteiger partial charge in [-0.25, -0.2) is 4.98 Å². The van der Waals surface area contributed by atoms with Crippen molar-refractivity contribution in [3.63, 3.8) is 0 Å². The molecule has 3 aromatic rings. The number of H-pyrrole nitrogens is 1. The fourth-order valence-electron chi connectivity index (χ4n) is 2.25. The summed E-state index contributed by atoms with van der Waals surface area (Å²) in [6.45, 7) is 1.73. The summed E-state index contributed by atoms with van der Waals surface area (Å²) in [4.78, 5) is 29.2. The van der Waals surface area contributed by atoms with Gasteiger partial charge in [0.15, 0.2) is 0 Å². The van der Waals surface area contributed by atoms with E-state index < -0.39 is 10.5 Å². The van der Waals surface area contributed by atoms with E-state index in [0.29, 0.717) is 27.5 Å². The third kappa shape index (κ3) is 2.80. The predicted octanol–water partition coefficient (Wildman–Crippen LogP) is 3.25. The highest BCUT2D eigenvalue weighted by atomic mass is 32.1. The summed E-state index contributed by atoms with van der Waals surface area (Å²) in [5.41, 5.74) is 2.08. The first-order valence-electron chi connectivity index (χ1n) is 6.84. The molecule has 0 unspecified atom stereocenters. The highest BCUT2D eigenvalue weighted by molar-refractivity contribution is 7.13. The molecule has 2 aromatic heterocycles. The Morgan fingerprint density at radius 1 is 1.38 bits per heavy atom. The standard InChI is InChI=1S/C16H10N4O3S/c1-9-13(6-11(7-17)15(21)18-9)14-8-24-16(19-14)10-3-2-4-12(5-10)20(22)23/h2-6,8H,1H3,(H,18,21). The van der Waals surface area contributed by atoms with Crippen LogP contribution in [0.4, 0.5) is 5.69 Å². The lowest BCUT2D eigenvalue weighted by atomic mass is 10.1. The van der Waals surface area contributed by atoms with E-state index in [9.17, 15) is 14.9 Å². The topological polar surface area (TPSA) is 113 Å². The minimum Gasteiger partial charge on any atom is -0.325 e. The van der Waals surface area contributed by atoms with Gasteiger partial charge in [0.05, 0.1) is 10.6 Å². The normalized spacial score (nSPS) is 10.3. The van der Waals surface area contributed by atoms with Gasteiger partial charge in [-0.15, -0.1) is 11.3 Å². The Hall–Kier alpha value is -3.31. The number of rotatable bonds is 3. The van der Waals surface area contributed by atoms with Crippen molar-refractivity contribution in [3.8, 4) is 27.9 Å². The van der Waals surface area contributed by atoms with Gasteiger partial charge in [-0.1, -0.05) is 12.1 Å². The number of nitro benzene ring substituents is 1. The summed E-state index contributed by atoms with van der Waals surface area (Å²) >= 11 is 1.34. The highest BCUT2D eigenvalue weighted by Gasteiger charge is 2.13. The number of nitrogens with one attached hydrogen (secondary N) is 1. The summed E-state index contributed by atoms with van der Waals surface area (Å²) in [5.74, 6) is 0. The van der Waals surface area contributed by atoms with Gasteiger partial charge in [0, 0.05) is 34.3 Å². The summed E-state index contributed by atoms with van der Waals surface area (Å²) in [6, 6.07) is 9.58. The van der Waals surface area contributed by atoms with Crippen molar-refractivity contribution in [2.45, 2.75) is 6.92 Å². The molecule has 118 valence electrons. The van der Waals surface area contributed by atoms with E-state index >= 15 is 0 Å². The zero-order valence-electron chi connectivity index (χ0n) is 12.4. The molecular weight excluding hydrogens is 328 g/mol. The monoisotopic (exact) mass is 338 g/mol. The average molecular weight is 338 g/mol. The Bertz CT molecular complexity index is 1050. The van der Waals surface area contributed by atoms with Crippen molar-refractivity contribution in [1.82, 2.24) is 9.97 Å². The molecule has 3 rings (SSSR count). The van der Waals surface area contributed by atoms with E-state index in [2.05, 4.69) is 9.97 Å². The molecule has 0 spiro atoms. The van der Waals surface area contributed by atoms with Gasteiger partial charge in [0.2, 0.25) is 0 Å². The van der Waals surface area contributed by atoms with Crippen LogP contribution >= 0.6 is 11.3 Å². The van der Waals surface area contributed by atoms with Gasteiger partial charge >= 0.3 is 0 Å². The molecule has 0 amide bonds. The number of hydrogen-bond donors (Lipinski definition) is 1. The predicted molar refractivity (Wildman–Crippen MR) is 89.7 cm³/mol. The average Bonchev–Trinajstić information content (AvgIpc) is 3.05. The minimum atomic E-state index is -0.455. The molecule has 0 fully saturated rings. The van der Waals surface area contributed by atoms with Crippen molar-refractivity contribution in [2.24, 2.45) is 0 Å². The van der Waals surface area contributed by atoms with Crippen LogP contribution in [0.3, 0.4) is 0 Å². The van der Waals surface area contributed by atoms with Crippen LogP contribution in [-0.4, -0.2) is 14.9 Å². The molecule has 0 aliphatic rings. The van der Waals surface area contributed by atoms with Crippen molar-refractivity contribution < 1.29 is 4.92 Å². The van der Waals surface area contributed by atoms with E-state index in [-0.39, 0.29) is 11.3 Å². The Balaban J connectivity index is 2.06. The number of aryl methyl sites for hydroxylation is 1. The molecule has 24 heavy (non-hydrogen) atoms. The molecule has 0 aliphatic carbocycles. The minimum absolute atomic E-state index is 0.00348. The first-order chi connectivity index (χ1) is 11.5. The zero-order valence-corrected chi connectivity index (χ0v) is 13.3. The lowest BCUT2D eigenvalue weighted by Crippen LogP contribution is -2.11. The number of aromatic amines is 1. The van der Waals surface area contributed by atoms with E-state index in [1.807, 2.05) is 6.07 Å². The summed E-state index contributed by atoms with van der Waals surface area (Å²) in [6.07, 6.45) is 0. The summed E-state index contributed by atoms with van der Waals surface area (Å²) < 4.78 is 0. The lowest BCUT2D eigenvalue weighted by Gasteiger charge is -2.02. The van der Waals surface area contributed by atoms with Crippen LogP contribution in [0.15, 0.2) is 40.5 Å². The largest absolute Gasteiger partial charge is 0.325 e. The second-order valence-corrected chi connectivity index (χ2v) is 5.87. The van der Waals surface area contributed by atoms with Crippen LogP contribution in [0.2, 0.25) is 0 Å².